The van der Waals surface area contributed by atoms with Crippen molar-refractivity contribution >= 4 is 82.5 Å². The molecular formula is C50H31NO2. The highest BCUT2D eigenvalue weighted by atomic mass is 16.3. The molecule has 9 aromatic carbocycles. The Morgan fingerprint density at radius 2 is 1.15 bits per heavy atom. The highest BCUT2D eigenvalue weighted by Gasteiger charge is 2.21. The predicted molar refractivity (Wildman–Crippen MR) is 222 cm³/mol. The maximum absolute atomic E-state index is 9.68. The van der Waals surface area contributed by atoms with Crippen molar-refractivity contribution in [3.63, 3.8) is 0 Å². The second-order valence-corrected chi connectivity index (χ2v) is 12.8. The summed E-state index contributed by atoms with van der Waals surface area (Å²) in [5.41, 5.74) is 4.42. The van der Waals surface area contributed by atoms with E-state index >= 15 is 0 Å². The zero-order valence-electron chi connectivity index (χ0n) is 38.8. The number of rotatable bonds is 5. The first-order valence-corrected chi connectivity index (χ1v) is 17.1. The summed E-state index contributed by atoms with van der Waals surface area (Å²) in [7, 11) is 0. The molecule has 0 saturated heterocycles. The van der Waals surface area contributed by atoms with Gasteiger partial charge in [0.2, 0.25) is 0 Å². The van der Waals surface area contributed by atoms with E-state index in [1.807, 2.05) is 115 Å². The maximum Gasteiger partial charge on any atom is 0.143 e. The summed E-state index contributed by atoms with van der Waals surface area (Å²) in [5.74, 6) is 0. The van der Waals surface area contributed by atoms with Crippen molar-refractivity contribution in [2.24, 2.45) is 0 Å². The van der Waals surface area contributed by atoms with Gasteiger partial charge in [0.05, 0.1) is 26.2 Å². The number of hydrogen-bond donors (Lipinski definition) is 0. The molecule has 248 valence electrons. The van der Waals surface area contributed by atoms with Gasteiger partial charge in [0, 0.05) is 32.9 Å². The summed E-state index contributed by atoms with van der Waals surface area (Å²) in [6, 6.07) is 31.8. The fourth-order valence-electron chi connectivity index (χ4n) is 7.36. The molecule has 0 radical (unpaired) electrons. The van der Waals surface area contributed by atoms with Crippen molar-refractivity contribution < 1.29 is 23.9 Å². The minimum atomic E-state index is -0.680. The number of hydrogen-bond acceptors (Lipinski definition) is 3. The highest BCUT2D eigenvalue weighted by molar-refractivity contribution is 6.19. The molecule has 2 aromatic heterocycles. The number of fused-ring (bicyclic) bond motifs is 9. The van der Waals surface area contributed by atoms with Gasteiger partial charge in [0.1, 0.15) is 22.3 Å². The van der Waals surface area contributed by atoms with Crippen molar-refractivity contribution in [3.05, 3.63) is 188 Å². The van der Waals surface area contributed by atoms with Crippen LogP contribution in [0.15, 0.2) is 197 Å². The lowest BCUT2D eigenvalue weighted by atomic mass is 9.98. The molecule has 0 saturated carbocycles. The zero-order valence-corrected chi connectivity index (χ0v) is 27.8. The first-order valence-electron chi connectivity index (χ1n) is 22.6. The predicted octanol–water partition coefficient (Wildman–Crippen LogP) is 14.6. The molecule has 0 unspecified atom stereocenters. The zero-order chi connectivity index (χ0) is 44.5. The second-order valence-electron chi connectivity index (χ2n) is 12.8. The van der Waals surface area contributed by atoms with E-state index in [2.05, 4.69) is 0 Å². The number of anilines is 3. The lowest BCUT2D eigenvalue weighted by Crippen LogP contribution is -2.10. The van der Waals surface area contributed by atoms with Gasteiger partial charge in [-0.05, 0) is 99.0 Å². The first-order chi connectivity index (χ1) is 30.8. The summed E-state index contributed by atoms with van der Waals surface area (Å²) in [6.45, 7) is 0. The van der Waals surface area contributed by atoms with Crippen LogP contribution in [0.5, 0.6) is 0 Å². The van der Waals surface area contributed by atoms with Gasteiger partial charge in [-0.2, -0.15) is 0 Å². The van der Waals surface area contributed by atoms with Crippen LogP contribution < -0.4 is 4.90 Å². The number of furan rings is 2. The smallest absolute Gasteiger partial charge is 0.143 e. The Balaban J connectivity index is 1.17. The van der Waals surface area contributed by atoms with E-state index in [1.165, 1.54) is 0 Å². The van der Waals surface area contributed by atoms with Gasteiger partial charge in [0.15, 0.2) is 0 Å². The molecule has 0 aliphatic rings. The Morgan fingerprint density at radius 3 is 2.06 bits per heavy atom. The number of para-hydroxylation sites is 1. The fraction of sp³-hybridized carbons (Fsp3) is 0. The molecular weight excluding hydrogens is 647 g/mol. The summed E-state index contributed by atoms with van der Waals surface area (Å²) in [6.07, 6.45) is 0. The molecule has 53 heavy (non-hydrogen) atoms. The van der Waals surface area contributed by atoms with Crippen molar-refractivity contribution in [2.75, 3.05) is 4.90 Å². The summed E-state index contributed by atoms with van der Waals surface area (Å²) in [5, 5.41) is 4.59. The van der Waals surface area contributed by atoms with Gasteiger partial charge in [-0.15, -0.1) is 0 Å². The normalized spacial score (nSPS) is 14.7. The minimum absolute atomic E-state index is 0.140. The topological polar surface area (TPSA) is 29.5 Å². The van der Waals surface area contributed by atoms with Crippen LogP contribution in [0.2, 0.25) is 0 Å². The standard InChI is InChI=1S/C50H31NO2/c1-3-12-39-33(9-1)11-7-15-40(39)35-21-27-38(28-22-35)51(45-16-8-18-47-49(45)44-30-23-34-10-2-4-13-41(34)50(44)53-47)37-25-19-32(20-26-37)36-24-29-43-42-14-5-6-17-46(42)52-48(43)31-36/h1-31H/i1D,3D,7D,9D,11D,12D,15D,21D,22D,27D,28D. The summed E-state index contributed by atoms with van der Waals surface area (Å²) < 4.78 is 111. The van der Waals surface area contributed by atoms with E-state index < -0.39 is 77.6 Å². The molecule has 3 nitrogen and oxygen atoms in total. The lowest BCUT2D eigenvalue weighted by Gasteiger charge is -2.26. The molecule has 3 heteroatoms. The van der Waals surface area contributed by atoms with Crippen LogP contribution in [0.4, 0.5) is 17.1 Å². The van der Waals surface area contributed by atoms with E-state index in [1.54, 1.807) is 11.0 Å². The average Bonchev–Trinajstić information content (AvgIpc) is 3.89. The van der Waals surface area contributed by atoms with Crippen molar-refractivity contribution in [2.45, 2.75) is 0 Å². The first kappa shape index (κ1) is 20.7. The van der Waals surface area contributed by atoms with E-state index in [-0.39, 0.29) is 16.5 Å². The molecule has 11 aromatic rings. The molecule has 0 amide bonds. The minimum Gasteiger partial charge on any atom is -0.456 e. The van der Waals surface area contributed by atoms with Crippen LogP contribution >= 0.6 is 0 Å². The summed E-state index contributed by atoms with van der Waals surface area (Å²) >= 11 is 0. The molecule has 0 aliphatic heterocycles. The maximum atomic E-state index is 9.68. The van der Waals surface area contributed by atoms with Crippen molar-refractivity contribution in [3.8, 4) is 22.3 Å². The number of benzene rings is 9. The van der Waals surface area contributed by atoms with Gasteiger partial charge in [-0.3, -0.25) is 0 Å². The average molecular weight is 689 g/mol. The van der Waals surface area contributed by atoms with E-state index in [4.69, 9.17) is 18.4 Å². The van der Waals surface area contributed by atoms with Crippen LogP contribution in [-0.4, -0.2) is 0 Å². The Kier molecular flexibility index (Phi) is 4.57. The van der Waals surface area contributed by atoms with Crippen LogP contribution in [0.25, 0.3) is 87.7 Å². The third-order valence-corrected chi connectivity index (χ3v) is 9.84. The van der Waals surface area contributed by atoms with Crippen molar-refractivity contribution in [1.82, 2.24) is 0 Å². The van der Waals surface area contributed by atoms with Crippen LogP contribution in [0.1, 0.15) is 15.1 Å². The van der Waals surface area contributed by atoms with E-state index in [9.17, 15) is 5.48 Å². The molecule has 0 bridgehead atoms. The number of nitrogens with zero attached hydrogens (tertiary/aromatic N) is 1. The third-order valence-electron chi connectivity index (χ3n) is 9.84. The van der Waals surface area contributed by atoms with Gasteiger partial charge in [-0.1, -0.05) is 127 Å². The van der Waals surface area contributed by atoms with Gasteiger partial charge in [0.25, 0.3) is 0 Å². The van der Waals surface area contributed by atoms with Crippen LogP contribution in [0.3, 0.4) is 0 Å². The SMILES string of the molecule is [2H]c1c([2H])c(N(c2ccc(-c3ccc4c(c3)oc3ccccc34)cc2)c2cccc3oc4c5ccccc5ccc4c23)c([2H])c([2H])c1-c1c([2H])c([2H])c([2H])c2c([2H])c([2H])c([2H])c([2H])c12. The third kappa shape index (κ3) is 4.75. The molecule has 0 spiro atoms. The van der Waals surface area contributed by atoms with Crippen LogP contribution in [-0.2, 0) is 0 Å². The molecule has 0 aliphatic carbocycles. The molecule has 0 N–H and O–H groups in total. The molecule has 2 heterocycles. The Bertz CT molecular complexity index is 3780. The van der Waals surface area contributed by atoms with E-state index in [0.29, 0.717) is 27.9 Å². The van der Waals surface area contributed by atoms with Crippen molar-refractivity contribution in [1.29, 1.82) is 0 Å². The molecule has 0 atom stereocenters. The van der Waals surface area contributed by atoms with Gasteiger partial charge < -0.3 is 13.7 Å². The Morgan fingerprint density at radius 1 is 0.415 bits per heavy atom. The monoisotopic (exact) mass is 688 g/mol. The summed E-state index contributed by atoms with van der Waals surface area (Å²) in [4.78, 5) is 1.65. The largest absolute Gasteiger partial charge is 0.456 e. The lowest BCUT2D eigenvalue weighted by molar-refractivity contribution is 0.669. The fourth-order valence-corrected chi connectivity index (χ4v) is 7.36. The second kappa shape index (κ2) is 11.7. The Labute approximate surface area is 321 Å². The van der Waals surface area contributed by atoms with Gasteiger partial charge >= 0.3 is 0 Å². The molecule has 11 rings (SSSR count). The Hall–Kier alpha value is -7.10. The molecule has 0 fully saturated rings. The van der Waals surface area contributed by atoms with E-state index in [0.717, 1.165) is 49.2 Å². The van der Waals surface area contributed by atoms with Crippen LogP contribution in [0, 0.1) is 0 Å². The van der Waals surface area contributed by atoms with Gasteiger partial charge in [-0.25, -0.2) is 0 Å². The highest BCUT2D eigenvalue weighted by Crippen LogP contribution is 2.45. The quantitative estimate of drug-likeness (QED) is 0.180.